The van der Waals surface area contributed by atoms with Crippen molar-refractivity contribution in [2.75, 3.05) is 4.90 Å². The fourth-order valence-electron chi connectivity index (χ4n) is 2.76. The van der Waals surface area contributed by atoms with E-state index in [4.69, 9.17) is 4.74 Å². The number of aromatic nitrogens is 2. The van der Waals surface area contributed by atoms with Gasteiger partial charge < -0.3 is 19.5 Å². The van der Waals surface area contributed by atoms with E-state index in [0.717, 1.165) is 4.90 Å². The molecule has 1 aromatic heterocycles. The van der Waals surface area contributed by atoms with E-state index >= 15 is 0 Å². The number of amides is 3. The van der Waals surface area contributed by atoms with E-state index in [1.54, 1.807) is 13.8 Å². The molecule has 1 N–H and O–H groups in total. The molecule has 28 heavy (non-hydrogen) atoms. The summed E-state index contributed by atoms with van der Waals surface area (Å²) < 4.78 is 40.6. The number of alkyl halides is 2. The molecule has 0 saturated carbocycles. The first kappa shape index (κ1) is 17.9. The molecule has 4 rings (SSSR count). The molecule has 0 bridgehead atoms. The third-order valence-corrected chi connectivity index (χ3v) is 4.43. The van der Waals surface area contributed by atoms with Crippen molar-refractivity contribution in [2.24, 2.45) is 0 Å². The van der Waals surface area contributed by atoms with E-state index in [-0.39, 0.29) is 28.9 Å². The summed E-state index contributed by atoms with van der Waals surface area (Å²) in [4.78, 5) is 33.4. The maximum atomic E-state index is 13.2. The molecule has 2 aromatic rings. The van der Waals surface area contributed by atoms with Gasteiger partial charge in [-0.15, -0.1) is 8.78 Å². The van der Waals surface area contributed by atoms with Gasteiger partial charge in [0.25, 0.3) is 5.91 Å². The van der Waals surface area contributed by atoms with Gasteiger partial charge in [-0.1, -0.05) is 13.0 Å². The Morgan fingerprint density at radius 3 is 2.57 bits per heavy atom. The van der Waals surface area contributed by atoms with Gasteiger partial charge in [-0.05, 0) is 25.5 Å². The Hall–Kier alpha value is -3.50. The highest BCUT2D eigenvalue weighted by molar-refractivity contribution is 6.23. The highest BCUT2D eigenvalue weighted by Gasteiger charge is 2.47. The van der Waals surface area contributed by atoms with Crippen molar-refractivity contribution in [3.63, 3.8) is 0 Å². The summed E-state index contributed by atoms with van der Waals surface area (Å²) in [6.45, 7) is 3.40. The number of nitrogens with zero attached hydrogens (tertiary/aromatic N) is 3. The number of nitrogens with one attached hydrogen (secondary N) is 1. The average Bonchev–Trinajstić information content (AvgIpc) is 3.09. The highest BCUT2D eigenvalue weighted by atomic mass is 19.3. The van der Waals surface area contributed by atoms with Gasteiger partial charge in [-0.2, -0.15) is 0 Å². The smallest absolute Gasteiger partial charge is 0.420 e. The predicted octanol–water partition coefficient (Wildman–Crippen LogP) is 2.82. The summed E-state index contributed by atoms with van der Waals surface area (Å²) in [6, 6.07) is 3.34. The van der Waals surface area contributed by atoms with Crippen LogP contribution in [-0.4, -0.2) is 33.7 Å². The zero-order valence-electron chi connectivity index (χ0n) is 14.7. The van der Waals surface area contributed by atoms with E-state index in [0.29, 0.717) is 6.42 Å². The average molecular weight is 392 g/mol. The number of hydrogen-bond donors (Lipinski definition) is 1. The lowest BCUT2D eigenvalue weighted by Crippen LogP contribution is -2.43. The summed E-state index contributed by atoms with van der Waals surface area (Å²) in [5, 5.41) is 2.62. The SMILES string of the molecule is CC[C@@]1(C)NC(=O)N(c2cnc(Oc3cccc4c3OC(F)(F)O4)nc2)C1=O. The van der Waals surface area contributed by atoms with Crippen LogP contribution < -0.4 is 24.4 Å². The van der Waals surface area contributed by atoms with Gasteiger partial charge in [0, 0.05) is 0 Å². The molecule has 11 heteroatoms. The molecule has 0 spiro atoms. The Morgan fingerprint density at radius 1 is 1.21 bits per heavy atom. The number of rotatable bonds is 4. The second-order valence-electron chi connectivity index (χ2n) is 6.33. The number of ether oxygens (including phenoxy) is 3. The maximum Gasteiger partial charge on any atom is 0.586 e. The van der Waals surface area contributed by atoms with E-state index in [9.17, 15) is 18.4 Å². The van der Waals surface area contributed by atoms with E-state index in [1.807, 2.05) is 0 Å². The fourth-order valence-corrected chi connectivity index (χ4v) is 2.76. The van der Waals surface area contributed by atoms with Gasteiger partial charge in [0.2, 0.25) is 5.75 Å². The molecule has 3 amide bonds. The number of hydrogen-bond acceptors (Lipinski definition) is 7. The van der Waals surface area contributed by atoms with Crippen LogP contribution in [0.4, 0.5) is 19.3 Å². The lowest BCUT2D eigenvalue weighted by molar-refractivity contribution is -0.287. The fraction of sp³-hybridized carbons (Fsp3) is 0.294. The molecule has 1 aromatic carbocycles. The van der Waals surface area contributed by atoms with Gasteiger partial charge in [0.15, 0.2) is 11.5 Å². The predicted molar refractivity (Wildman–Crippen MR) is 89.5 cm³/mol. The van der Waals surface area contributed by atoms with Crippen molar-refractivity contribution in [3.05, 3.63) is 30.6 Å². The maximum absolute atomic E-state index is 13.2. The molecule has 2 aliphatic rings. The Labute approximate surface area is 157 Å². The van der Waals surface area contributed by atoms with Crippen LogP contribution in [0.1, 0.15) is 20.3 Å². The monoisotopic (exact) mass is 392 g/mol. The number of carbonyl (C=O) groups is 2. The quantitative estimate of drug-likeness (QED) is 0.798. The number of urea groups is 1. The molecule has 0 unspecified atom stereocenters. The highest BCUT2D eigenvalue weighted by Crippen LogP contribution is 2.47. The summed E-state index contributed by atoms with van der Waals surface area (Å²) >= 11 is 0. The Morgan fingerprint density at radius 2 is 1.93 bits per heavy atom. The van der Waals surface area contributed by atoms with Gasteiger partial charge >= 0.3 is 18.3 Å². The van der Waals surface area contributed by atoms with Crippen LogP contribution in [0.25, 0.3) is 0 Å². The van der Waals surface area contributed by atoms with Crippen molar-refractivity contribution >= 4 is 17.6 Å². The summed E-state index contributed by atoms with van der Waals surface area (Å²) in [5.74, 6) is -0.966. The number of benzene rings is 1. The standard InChI is InChI=1S/C17H14F2N4O5/c1-3-16(2)13(24)23(15(25)22-16)9-7-20-14(21-8-9)26-10-5-4-6-11-12(10)28-17(18,19)27-11/h4-8H,3H2,1-2H3,(H,22,25)/t16-/m1/s1. The molecular formula is C17H14F2N4O5. The van der Waals surface area contributed by atoms with Gasteiger partial charge in [0.05, 0.1) is 18.1 Å². The second-order valence-corrected chi connectivity index (χ2v) is 6.33. The molecule has 3 heterocycles. The molecular weight excluding hydrogens is 378 g/mol. The van der Waals surface area contributed by atoms with E-state index < -0.39 is 23.8 Å². The number of para-hydroxylation sites is 1. The van der Waals surface area contributed by atoms with E-state index in [1.165, 1.54) is 30.6 Å². The normalized spacial score (nSPS) is 22.4. The number of carbonyl (C=O) groups excluding carboxylic acids is 2. The third-order valence-electron chi connectivity index (χ3n) is 4.43. The van der Waals surface area contributed by atoms with Crippen LogP contribution in [0.15, 0.2) is 30.6 Å². The molecule has 0 radical (unpaired) electrons. The first-order valence-corrected chi connectivity index (χ1v) is 8.28. The zero-order chi connectivity index (χ0) is 20.1. The minimum atomic E-state index is -3.79. The first-order chi connectivity index (χ1) is 13.2. The van der Waals surface area contributed by atoms with Gasteiger partial charge in [0.1, 0.15) is 5.54 Å². The summed E-state index contributed by atoms with van der Waals surface area (Å²) in [7, 11) is 0. The van der Waals surface area contributed by atoms with E-state index in [2.05, 4.69) is 24.8 Å². The van der Waals surface area contributed by atoms with Crippen molar-refractivity contribution in [1.82, 2.24) is 15.3 Å². The molecule has 2 aliphatic heterocycles. The summed E-state index contributed by atoms with van der Waals surface area (Å²) in [5.41, 5.74) is -0.851. The molecule has 1 saturated heterocycles. The topological polar surface area (TPSA) is 103 Å². The van der Waals surface area contributed by atoms with Crippen molar-refractivity contribution in [1.29, 1.82) is 0 Å². The van der Waals surface area contributed by atoms with Crippen molar-refractivity contribution in [2.45, 2.75) is 32.1 Å². The Bertz CT molecular complexity index is 969. The largest absolute Gasteiger partial charge is 0.586 e. The minimum absolute atomic E-state index is 0.0732. The third kappa shape index (κ3) is 2.84. The van der Waals surface area contributed by atoms with Crippen LogP contribution in [0, 0.1) is 0 Å². The van der Waals surface area contributed by atoms with Crippen molar-refractivity contribution < 1.29 is 32.6 Å². The van der Waals surface area contributed by atoms with Crippen LogP contribution in [0.3, 0.4) is 0 Å². The van der Waals surface area contributed by atoms with Crippen LogP contribution in [-0.2, 0) is 4.79 Å². The Kier molecular flexibility index (Phi) is 3.84. The molecule has 0 aliphatic carbocycles. The second kappa shape index (κ2) is 6.01. The number of imide groups is 1. The molecule has 146 valence electrons. The Balaban J connectivity index is 1.56. The minimum Gasteiger partial charge on any atom is -0.420 e. The zero-order valence-corrected chi connectivity index (χ0v) is 14.7. The molecule has 1 fully saturated rings. The van der Waals surface area contributed by atoms with Crippen molar-refractivity contribution in [3.8, 4) is 23.3 Å². The van der Waals surface area contributed by atoms with Gasteiger partial charge in [-0.25, -0.2) is 19.7 Å². The summed E-state index contributed by atoms with van der Waals surface area (Å²) in [6.07, 6.45) is -0.934. The lowest BCUT2D eigenvalue weighted by atomic mass is 9.99. The van der Waals surface area contributed by atoms with Crippen LogP contribution in [0.2, 0.25) is 0 Å². The van der Waals surface area contributed by atoms with Gasteiger partial charge in [-0.3, -0.25) is 4.79 Å². The number of halogens is 2. The number of fused-ring (bicyclic) bond motifs is 1. The van der Waals surface area contributed by atoms with Crippen LogP contribution >= 0.6 is 0 Å². The number of anilines is 1. The molecule has 9 nitrogen and oxygen atoms in total. The first-order valence-electron chi connectivity index (χ1n) is 8.28. The van der Waals surface area contributed by atoms with Crippen LogP contribution in [0.5, 0.6) is 23.3 Å². The lowest BCUT2D eigenvalue weighted by Gasteiger charge is -2.19. The molecule has 1 atom stereocenters.